The number of para-hydroxylation sites is 1. The van der Waals surface area contributed by atoms with Gasteiger partial charge in [-0.05, 0) is 40.2 Å². The highest BCUT2D eigenvalue weighted by atomic mass is 79.9. The van der Waals surface area contributed by atoms with E-state index in [9.17, 15) is 16.8 Å². The summed E-state index contributed by atoms with van der Waals surface area (Å²) in [5.74, 6) is 0. The van der Waals surface area contributed by atoms with Gasteiger partial charge in [0.1, 0.15) is 9.10 Å². The minimum absolute atomic E-state index is 0.0115. The van der Waals surface area contributed by atoms with Gasteiger partial charge in [-0.15, -0.1) is 11.3 Å². The van der Waals surface area contributed by atoms with Gasteiger partial charge in [0, 0.05) is 14.1 Å². The molecule has 2 aromatic rings. The summed E-state index contributed by atoms with van der Waals surface area (Å²) in [5, 5.41) is 0. The first-order valence-corrected chi connectivity index (χ1v) is 10.7. The van der Waals surface area contributed by atoms with E-state index in [1.54, 1.807) is 6.07 Å². The van der Waals surface area contributed by atoms with Crippen molar-refractivity contribution in [2.45, 2.75) is 9.10 Å². The number of halogens is 1. The van der Waals surface area contributed by atoms with E-state index in [0.29, 0.717) is 3.79 Å². The normalized spacial score (nSPS) is 12.5. The Bertz CT molecular complexity index is 936. The quantitative estimate of drug-likeness (QED) is 0.693. The van der Waals surface area contributed by atoms with Crippen LogP contribution in [0.15, 0.2) is 43.2 Å². The molecule has 1 heterocycles. The van der Waals surface area contributed by atoms with E-state index in [1.165, 1.54) is 38.4 Å². The zero-order valence-corrected chi connectivity index (χ0v) is 16.2. The summed E-state index contributed by atoms with van der Waals surface area (Å²) in [6.45, 7) is 0. The van der Waals surface area contributed by atoms with Crippen LogP contribution in [0.25, 0.3) is 0 Å². The maximum Gasteiger partial charge on any atom is 0.271 e. The number of hydrogen-bond donors (Lipinski definition) is 2. The van der Waals surface area contributed by atoms with Gasteiger partial charge in [0.15, 0.2) is 0 Å². The molecular formula is C12H14BrN3O4S3. The summed E-state index contributed by atoms with van der Waals surface area (Å²) >= 11 is 4.23. The maximum atomic E-state index is 12.3. The van der Waals surface area contributed by atoms with E-state index >= 15 is 0 Å². The fourth-order valence-corrected chi connectivity index (χ4v) is 5.81. The molecule has 0 spiro atoms. The third-order valence-electron chi connectivity index (χ3n) is 2.88. The van der Waals surface area contributed by atoms with Crippen molar-refractivity contribution < 1.29 is 16.8 Å². The number of anilines is 2. The molecule has 7 nitrogen and oxygen atoms in total. The number of benzene rings is 1. The molecule has 23 heavy (non-hydrogen) atoms. The van der Waals surface area contributed by atoms with Gasteiger partial charge in [0.05, 0.1) is 15.2 Å². The summed E-state index contributed by atoms with van der Waals surface area (Å²) in [4.78, 5) is -0.157. The molecule has 0 aliphatic heterocycles. The summed E-state index contributed by atoms with van der Waals surface area (Å²) in [5.41, 5.74) is 5.72. The van der Waals surface area contributed by atoms with Crippen LogP contribution in [0.5, 0.6) is 0 Å². The van der Waals surface area contributed by atoms with Crippen LogP contribution in [0.1, 0.15) is 0 Å². The lowest BCUT2D eigenvalue weighted by molar-refractivity contribution is 0.521. The van der Waals surface area contributed by atoms with Gasteiger partial charge in [-0.3, -0.25) is 4.72 Å². The van der Waals surface area contributed by atoms with Crippen LogP contribution >= 0.6 is 27.3 Å². The highest BCUT2D eigenvalue weighted by Gasteiger charge is 2.24. The highest BCUT2D eigenvalue weighted by molar-refractivity contribution is 9.11. The molecule has 126 valence electrons. The SMILES string of the molecule is CN(C)S(=O)(=O)c1cccc(NS(=O)(=O)c2ccc(Br)s2)c1N. The van der Waals surface area contributed by atoms with Crippen LogP contribution in [0.3, 0.4) is 0 Å². The monoisotopic (exact) mass is 439 g/mol. The molecule has 0 fully saturated rings. The number of rotatable bonds is 5. The Labute approximate surface area is 147 Å². The van der Waals surface area contributed by atoms with Gasteiger partial charge in [0.2, 0.25) is 10.0 Å². The Morgan fingerprint density at radius 3 is 2.30 bits per heavy atom. The lowest BCUT2D eigenvalue weighted by atomic mass is 10.3. The molecule has 2 rings (SSSR count). The third-order valence-corrected chi connectivity index (χ3v) is 8.24. The van der Waals surface area contributed by atoms with Crippen LogP contribution in [-0.2, 0) is 20.0 Å². The number of nitrogens with one attached hydrogen (secondary N) is 1. The van der Waals surface area contributed by atoms with Crippen LogP contribution in [0, 0.1) is 0 Å². The van der Waals surface area contributed by atoms with Crippen molar-refractivity contribution in [1.29, 1.82) is 0 Å². The number of hydrogen-bond acceptors (Lipinski definition) is 6. The molecule has 0 saturated heterocycles. The first-order valence-electron chi connectivity index (χ1n) is 6.15. The number of nitrogens with zero attached hydrogens (tertiary/aromatic N) is 1. The van der Waals surface area contributed by atoms with E-state index in [2.05, 4.69) is 20.7 Å². The average molecular weight is 440 g/mol. The molecule has 0 aliphatic carbocycles. The Hall–Kier alpha value is -1.14. The number of sulfonamides is 2. The first kappa shape index (κ1) is 18.2. The molecule has 3 N–H and O–H groups in total. The van der Waals surface area contributed by atoms with Crippen LogP contribution in [0.4, 0.5) is 11.4 Å². The van der Waals surface area contributed by atoms with Gasteiger partial charge in [-0.25, -0.2) is 21.1 Å². The van der Waals surface area contributed by atoms with E-state index in [-0.39, 0.29) is 20.5 Å². The molecule has 0 amide bonds. The first-order chi connectivity index (χ1) is 10.6. The maximum absolute atomic E-state index is 12.3. The molecule has 1 aromatic heterocycles. The minimum atomic E-state index is -3.85. The molecular weight excluding hydrogens is 426 g/mol. The Morgan fingerprint density at radius 1 is 1.13 bits per heavy atom. The van der Waals surface area contributed by atoms with Crippen LogP contribution < -0.4 is 10.5 Å². The summed E-state index contributed by atoms with van der Waals surface area (Å²) in [6, 6.07) is 7.20. The van der Waals surface area contributed by atoms with E-state index in [4.69, 9.17) is 5.73 Å². The van der Waals surface area contributed by atoms with Gasteiger partial charge < -0.3 is 5.73 Å². The molecule has 0 atom stereocenters. The summed E-state index contributed by atoms with van der Waals surface area (Å²) in [6.07, 6.45) is 0. The van der Waals surface area contributed by atoms with Gasteiger partial charge in [-0.1, -0.05) is 6.07 Å². The van der Waals surface area contributed by atoms with Crippen molar-refractivity contribution in [2.24, 2.45) is 0 Å². The lowest BCUT2D eigenvalue weighted by Gasteiger charge is -2.16. The smallest absolute Gasteiger partial charge is 0.271 e. The van der Waals surface area contributed by atoms with Crippen molar-refractivity contribution in [3.63, 3.8) is 0 Å². The second-order valence-corrected chi connectivity index (χ2v) is 11.2. The lowest BCUT2D eigenvalue weighted by Crippen LogP contribution is -2.24. The van der Waals surface area contributed by atoms with E-state index in [1.807, 2.05) is 0 Å². The molecule has 11 heteroatoms. The topological polar surface area (TPSA) is 110 Å². The van der Waals surface area contributed by atoms with E-state index in [0.717, 1.165) is 15.6 Å². The molecule has 0 aliphatic rings. The number of nitrogen functional groups attached to an aromatic ring is 1. The number of thiophene rings is 1. The molecule has 0 bridgehead atoms. The van der Waals surface area contributed by atoms with Crippen molar-refractivity contribution >= 4 is 58.7 Å². The summed E-state index contributed by atoms with van der Waals surface area (Å²) < 4.78 is 53.1. The van der Waals surface area contributed by atoms with Gasteiger partial charge in [-0.2, -0.15) is 0 Å². The third kappa shape index (κ3) is 3.69. The highest BCUT2D eigenvalue weighted by Crippen LogP contribution is 2.32. The largest absolute Gasteiger partial charge is 0.396 e. The Balaban J connectivity index is 2.47. The minimum Gasteiger partial charge on any atom is -0.396 e. The molecule has 0 radical (unpaired) electrons. The van der Waals surface area contributed by atoms with Crippen molar-refractivity contribution in [2.75, 3.05) is 24.6 Å². The number of nitrogens with two attached hydrogens (primary N) is 1. The second-order valence-electron chi connectivity index (χ2n) is 4.67. The molecule has 0 unspecified atom stereocenters. The fourth-order valence-electron chi connectivity index (χ4n) is 1.69. The molecule has 1 aromatic carbocycles. The van der Waals surface area contributed by atoms with E-state index < -0.39 is 20.0 Å². The fraction of sp³-hybridized carbons (Fsp3) is 0.167. The van der Waals surface area contributed by atoms with Crippen molar-refractivity contribution in [3.8, 4) is 0 Å². The Morgan fingerprint density at radius 2 is 1.78 bits per heavy atom. The van der Waals surface area contributed by atoms with Gasteiger partial charge >= 0.3 is 0 Å². The van der Waals surface area contributed by atoms with Crippen LogP contribution in [0.2, 0.25) is 0 Å². The average Bonchev–Trinajstić information content (AvgIpc) is 2.88. The predicted octanol–water partition coefficient (Wildman–Crippen LogP) is 2.14. The van der Waals surface area contributed by atoms with Crippen LogP contribution in [-0.4, -0.2) is 35.2 Å². The zero-order valence-electron chi connectivity index (χ0n) is 12.1. The standard InChI is InChI=1S/C12H14BrN3O4S3/c1-16(2)23(19,20)9-5-3-4-8(12(9)14)15-22(17,18)11-7-6-10(13)21-11/h3-7,15H,14H2,1-2H3. The predicted molar refractivity (Wildman–Crippen MR) is 94.6 cm³/mol. The van der Waals surface area contributed by atoms with Crippen molar-refractivity contribution in [3.05, 3.63) is 34.1 Å². The second kappa shape index (κ2) is 6.40. The van der Waals surface area contributed by atoms with Gasteiger partial charge in [0.25, 0.3) is 10.0 Å². The Kier molecular flexibility index (Phi) is 5.06. The molecule has 0 saturated carbocycles. The summed E-state index contributed by atoms with van der Waals surface area (Å²) in [7, 11) is -4.89. The van der Waals surface area contributed by atoms with Crippen molar-refractivity contribution in [1.82, 2.24) is 4.31 Å². The zero-order chi connectivity index (χ0) is 17.4.